The molecule has 0 unspecified atom stereocenters. The molecule has 0 spiro atoms. The van der Waals surface area contributed by atoms with Crippen molar-refractivity contribution >= 4 is 39.8 Å². The molecule has 4 N–H and O–H groups in total. The third-order valence-corrected chi connectivity index (χ3v) is 7.86. The smallest absolute Gasteiger partial charge is 0.244 e. The molecule has 2 aliphatic rings. The molecular weight excluding hydrogens is 466 g/mol. The van der Waals surface area contributed by atoms with Crippen molar-refractivity contribution in [3.63, 3.8) is 0 Å². The molecular formula is C27H31N9O. The number of hydrogen-bond acceptors (Lipinski definition) is 8. The fourth-order valence-electron chi connectivity index (χ4n) is 5.16. The number of amides is 1. The number of nitrogens with one attached hydrogen (secondary N) is 2. The zero-order valence-electron chi connectivity index (χ0n) is 21.8. The summed E-state index contributed by atoms with van der Waals surface area (Å²) in [6, 6.07) is 5.94. The Hall–Kier alpha value is -4.21. The molecule has 2 aliphatic heterocycles. The lowest BCUT2D eigenvalue weighted by Crippen LogP contribution is -2.30. The molecule has 37 heavy (non-hydrogen) atoms. The first-order valence-electron chi connectivity index (χ1n) is 12.5. The maximum absolute atomic E-state index is 12.2. The van der Waals surface area contributed by atoms with Gasteiger partial charge in [0.15, 0.2) is 5.82 Å². The van der Waals surface area contributed by atoms with Crippen LogP contribution in [-0.2, 0) is 17.8 Å². The first kappa shape index (κ1) is 23.2. The van der Waals surface area contributed by atoms with Gasteiger partial charge in [-0.3, -0.25) is 14.5 Å². The SMILES string of the molecule is Cc1c(-c2cc3cc(Nc4cc5n(n4)CC(=O)N(C)CC5)ncc3c(N)n2)cnc2c1NC(C)(C)[C@H]2C. The van der Waals surface area contributed by atoms with E-state index < -0.39 is 0 Å². The lowest BCUT2D eigenvalue weighted by Gasteiger charge is -2.24. The van der Waals surface area contributed by atoms with E-state index in [0.29, 0.717) is 29.9 Å². The summed E-state index contributed by atoms with van der Waals surface area (Å²) in [4.78, 5) is 28.0. The number of rotatable bonds is 3. The molecule has 0 saturated heterocycles. The molecule has 10 nitrogen and oxygen atoms in total. The van der Waals surface area contributed by atoms with Crippen molar-refractivity contribution in [3.05, 3.63) is 47.5 Å². The Balaban J connectivity index is 1.34. The monoisotopic (exact) mass is 497 g/mol. The summed E-state index contributed by atoms with van der Waals surface area (Å²) in [6.07, 6.45) is 4.38. The average molecular weight is 498 g/mol. The predicted molar refractivity (Wildman–Crippen MR) is 145 cm³/mol. The Morgan fingerprint density at radius 1 is 1.16 bits per heavy atom. The zero-order valence-corrected chi connectivity index (χ0v) is 21.8. The quantitative estimate of drug-likeness (QED) is 0.390. The second-order valence-electron chi connectivity index (χ2n) is 10.7. The van der Waals surface area contributed by atoms with Crippen molar-refractivity contribution in [1.29, 1.82) is 0 Å². The van der Waals surface area contributed by atoms with Crippen LogP contribution in [0.1, 0.15) is 43.6 Å². The summed E-state index contributed by atoms with van der Waals surface area (Å²) in [5, 5.41) is 13.2. The molecule has 4 aromatic heterocycles. The molecule has 4 aromatic rings. The number of hydrogen-bond donors (Lipinski definition) is 3. The molecule has 0 fully saturated rings. The number of fused-ring (bicyclic) bond motifs is 3. The summed E-state index contributed by atoms with van der Waals surface area (Å²) < 4.78 is 1.76. The Morgan fingerprint density at radius 3 is 2.78 bits per heavy atom. The van der Waals surface area contributed by atoms with Crippen LogP contribution < -0.4 is 16.4 Å². The largest absolute Gasteiger partial charge is 0.383 e. The molecule has 10 heteroatoms. The number of carbonyl (C=O) groups excluding carboxylic acids is 1. The number of nitrogens with zero attached hydrogens (tertiary/aromatic N) is 6. The van der Waals surface area contributed by atoms with Gasteiger partial charge in [0.1, 0.15) is 18.2 Å². The Bertz CT molecular complexity index is 1570. The highest BCUT2D eigenvalue weighted by Crippen LogP contribution is 2.44. The van der Waals surface area contributed by atoms with Gasteiger partial charge < -0.3 is 21.3 Å². The van der Waals surface area contributed by atoms with Crippen LogP contribution in [0, 0.1) is 6.92 Å². The zero-order chi connectivity index (χ0) is 26.1. The number of nitrogen functional groups attached to an aromatic ring is 1. The Labute approximate surface area is 215 Å². The van der Waals surface area contributed by atoms with Gasteiger partial charge in [-0.1, -0.05) is 6.92 Å². The second kappa shape index (κ2) is 8.16. The molecule has 6 rings (SSSR count). The lowest BCUT2D eigenvalue weighted by atomic mass is 9.90. The van der Waals surface area contributed by atoms with Gasteiger partial charge in [-0.05, 0) is 43.9 Å². The molecule has 0 saturated carbocycles. The lowest BCUT2D eigenvalue weighted by molar-refractivity contribution is -0.130. The van der Waals surface area contributed by atoms with E-state index in [9.17, 15) is 4.79 Å². The van der Waals surface area contributed by atoms with Crippen molar-refractivity contribution in [3.8, 4) is 11.3 Å². The van der Waals surface area contributed by atoms with Gasteiger partial charge in [0.2, 0.25) is 5.91 Å². The van der Waals surface area contributed by atoms with Crippen molar-refractivity contribution in [2.75, 3.05) is 30.0 Å². The molecule has 6 heterocycles. The molecule has 1 atom stereocenters. The van der Waals surface area contributed by atoms with Gasteiger partial charge in [0, 0.05) is 66.6 Å². The molecule has 0 aromatic carbocycles. The van der Waals surface area contributed by atoms with Gasteiger partial charge in [0.25, 0.3) is 0 Å². The van der Waals surface area contributed by atoms with E-state index in [4.69, 9.17) is 15.7 Å². The van der Waals surface area contributed by atoms with Crippen LogP contribution in [0.5, 0.6) is 0 Å². The minimum atomic E-state index is -0.0600. The third kappa shape index (κ3) is 3.83. The minimum absolute atomic E-state index is 0.0530. The van der Waals surface area contributed by atoms with Crippen LogP contribution in [0.15, 0.2) is 30.6 Å². The van der Waals surface area contributed by atoms with Crippen LogP contribution in [0.4, 0.5) is 23.1 Å². The highest BCUT2D eigenvalue weighted by molar-refractivity contribution is 5.95. The number of nitrogens with two attached hydrogens (primary N) is 1. The topological polar surface area (TPSA) is 127 Å². The van der Waals surface area contributed by atoms with Gasteiger partial charge in [0.05, 0.1) is 17.1 Å². The molecule has 0 bridgehead atoms. The molecule has 190 valence electrons. The highest BCUT2D eigenvalue weighted by atomic mass is 16.2. The van der Waals surface area contributed by atoms with E-state index in [1.54, 1.807) is 15.8 Å². The van der Waals surface area contributed by atoms with E-state index in [1.807, 2.05) is 31.4 Å². The summed E-state index contributed by atoms with van der Waals surface area (Å²) >= 11 is 0. The standard InChI is InChI=1S/C27H31N9O/c1-14-18(11-30-25-15(2)27(3,4)33-24(14)25)20-8-16-9-21(29-12-19(16)26(28)31-20)32-22-10-17-6-7-35(5)23(37)13-36(17)34-22/h8-12,15,33H,6-7,13H2,1-5H3,(H2,28,31)(H,29,32,34)/t15-/m0/s1. The van der Waals surface area contributed by atoms with Gasteiger partial charge in [-0.2, -0.15) is 5.10 Å². The van der Waals surface area contributed by atoms with Crippen LogP contribution in [0.3, 0.4) is 0 Å². The molecule has 0 aliphatic carbocycles. The number of aromatic nitrogens is 5. The first-order chi connectivity index (χ1) is 17.6. The molecule has 1 amide bonds. The van der Waals surface area contributed by atoms with Crippen LogP contribution in [0.2, 0.25) is 0 Å². The maximum Gasteiger partial charge on any atom is 0.244 e. The van der Waals surface area contributed by atoms with E-state index in [0.717, 1.165) is 51.1 Å². The summed E-state index contributed by atoms with van der Waals surface area (Å²) in [5.74, 6) is 2.08. The number of anilines is 4. The second-order valence-corrected chi connectivity index (χ2v) is 10.7. The summed E-state index contributed by atoms with van der Waals surface area (Å²) in [6.45, 7) is 9.61. The van der Waals surface area contributed by atoms with Crippen molar-refractivity contribution in [2.45, 2.75) is 52.1 Å². The van der Waals surface area contributed by atoms with E-state index in [-0.39, 0.29) is 18.0 Å². The fraction of sp³-hybridized carbons (Fsp3) is 0.370. The fourth-order valence-corrected chi connectivity index (χ4v) is 5.16. The van der Waals surface area contributed by atoms with E-state index >= 15 is 0 Å². The van der Waals surface area contributed by atoms with Gasteiger partial charge in [-0.15, -0.1) is 0 Å². The van der Waals surface area contributed by atoms with Gasteiger partial charge >= 0.3 is 0 Å². The summed E-state index contributed by atoms with van der Waals surface area (Å²) in [5.41, 5.74) is 12.3. The minimum Gasteiger partial charge on any atom is -0.383 e. The summed E-state index contributed by atoms with van der Waals surface area (Å²) in [7, 11) is 1.82. The van der Waals surface area contributed by atoms with Crippen LogP contribution in [0.25, 0.3) is 22.0 Å². The van der Waals surface area contributed by atoms with Crippen LogP contribution >= 0.6 is 0 Å². The average Bonchev–Trinajstić information content (AvgIpc) is 3.29. The highest BCUT2D eigenvalue weighted by Gasteiger charge is 2.38. The van der Waals surface area contributed by atoms with E-state index in [1.165, 1.54) is 0 Å². The number of likely N-dealkylation sites (N-methyl/N-ethyl adjacent to an activating group) is 1. The number of carbonyl (C=O) groups is 1. The van der Waals surface area contributed by atoms with Crippen molar-refractivity contribution in [1.82, 2.24) is 29.6 Å². The Morgan fingerprint density at radius 2 is 1.97 bits per heavy atom. The van der Waals surface area contributed by atoms with Crippen molar-refractivity contribution < 1.29 is 4.79 Å². The first-order valence-corrected chi connectivity index (χ1v) is 12.5. The third-order valence-electron chi connectivity index (χ3n) is 7.86. The number of pyridine rings is 3. The van der Waals surface area contributed by atoms with Crippen molar-refractivity contribution in [2.24, 2.45) is 0 Å². The molecule has 0 radical (unpaired) electrons. The maximum atomic E-state index is 12.2. The van der Waals surface area contributed by atoms with Crippen LogP contribution in [-0.4, -0.2) is 54.7 Å². The normalized spacial score (nSPS) is 18.4. The Kier molecular flexibility index (Phi) is 5.11. The van der Waals surface area contributed by atoms with Gasteiger partial charge in [-0.25, -0.2) is 9.97 Å². The van der Waals surface area contributed by atoms with E-state index in [2.05, 4.69) is 48.4 Å². The predicted octanol–water partition coefficient (Wildman–Crippen LogP) is 3.84.